The van der Waals surface area contributed by atoms with Crippen molar-refractivity contribution < 1.29 is 9.59 Å². The zero-order chi connectivity index (χ0) is 21.8. The molecule has 1 atom stereocenters. The molecule has 30 heavy (non-hydrogen) atoms. The molecular formula is C22H24N4O3S. The van der Waals surface area contributed by atoms with Crippen LogP contribution >= 0.6 is 11.8 Å². The molecule has 0 unspecified atom stereocenters. The van der Waals surface area contributed by atoms with E-state index < -0.39 is 17.2 Å². The standard InChI is InChI=1S/C22H24N4O3S/c1-5-23-21(29)25-19(27)15(4)30-22-24-17-9-7-6-8-16(17)20(28)26(22)18-11-10-13(2)12-14(18)3/h6-12,15H,5H2,1-4H3,(H2,23,25,27,29)/t15-/m1/s1. The Balaban J connectivity index is 2.08. The van der Waals surface area contributed by atoms with Crippen molar-refractivity contribution in [3.05, 3.63) is 63.9 Å². The van der Waals surface area contributed by atoms with Crippen LogP contribution in [0.25, 0.3) is 16.6 Å². The summed E-state index contributed by atoms with van der Waals surface area (Å²) in [5, 5.41) is 5.09. The van der Waals surface area contributed by atoms with Crippen molar-refractivity contribution >= 4 is 34.6 Å². The fraction of sp³-hybridized carbons (Fsp3) is 0.273. The molecular weight excluding hydrogens is 400 g/mol. The Bertz CT molecular complexity index is 1170. The first kappa shape index (κ1) is 21.6. The minimum absolute atomic E-state index is 0.202. The van der Waals surface area contributed by atoms with Gasteiger partial charge in [0.25, 0.3) is 5.56 Å². The minimum atomic E-state index is -0.641. The Labute approximate surface area is 178 Å². The van der Waals surface area contributed by atoms with Crippen molar-refractivity contribution in [2.45, 2.75) is 38.1 Å². The van der Waals surface area contributed by atoms with Gasteiger partial charge < -0.3 is 5.32 Å². The first-order chi connectivity index (χ1) is 14.3. The smallest absolute Gasteiger partial charge is 0.321 e. The highest BCUT2D eigenvalue weighted by Gasteiger charge is 2.22. The quantitative estimate of drug-likeness (QED) is 0.484. The van der Waals surface area contributed by atoms with Gasteiger partial charge in [-0.3, -0.25) is 19.5 Å². The second-order valence-corrected chi connectivity index (χ2v) is 8.26. The highest BCUT2D eigenvalue weighted by Crippen LogP contribution is 2.26. The van der Waals surface area contributed by atoms with E-state index in [1.54, 1.807) is 32.0 Å². The maximum Gasteiger partial charge on any atom is 0.321 e. The molecule has 1 aromatic heterocycles. The fourth-order valence-electron chi connectivity index (χ4n) is 3.09. The van der Waals surface area contributed by atoms with Gasteiger partial charge in [0, 0.05) is 6.54 Å². The van der Waals surface area contributed by atoms with Crippen LogP contribution in [0.15, 0.2) is 52.4 Å². The Kier molecular flexibility index (Phi) is 6.56. The van der Waals surface area contributed by atoms with E-state index in [2.05, 4.69) is 15.6 Å². The van der Waals surface area contributed by atoms with Gasteiger partial charge in [-0.05, 0) is 51.5 Å². The third-order valence-electron chi connectivity index (χ3n) is 4.56. The number of hydrogen-bond acceptors (Lipinski definition) is 5. The molecule has 0 aliphatic rings. The third-order valence-corrected chi connectivity index (χ3v) is 5.62. The third kappa shape index (κ3) is 4.54. The maximum absolute atomic E-state index is 13.3. The summed E-state index contributed by atoms with van der Waals surface area (Å²) in [5.41, 5.74) is 3.08. The Morgan fingerprint density at radius 2 is 1.90 bits per heavy atom. The van der Waals surface area contributed by atoms with Crippen LogP contribution in [0.2, 0.25) is 0 Å². The zero-order valence-corrected chi connectivity index (χ0v) is 18.2. The molecule has 3 amide bonds. The van der Waals surface area contributed by atoms with Crippen molar-refractivity contribution in [3.63, 3.8) is 0 Å². The number of urea groups is 1. The lowest BCUT2D eigenvalue weighted by molar-refractivity contribution is -0.119. The molecule has 0 aliphatic carbocycles. The first-order valence-corrected chi connectivity index (χ1v) is 10.5. The minimum Gasteiger partial charge on any atom is -0.338 e. The Hall–Kier alpha value is -3.13. The van der Waals surface area contributed by atoms with Gasteiger partial charge in [-0.2, -0.15) is 0 Å². The molecule has 0 saturated heterocycles. The summed E-state index contributed by atoms with van der Waals surface area (Å²) in [4.78, 5) is 42.1. The Morgan fingerprint density at radius 3 is 2.60 bits per heavy atom. The molecule has 1 heterocycles. The van der Waals surface area contributed by atoms with Crippen LogP contribution in [0.5, 0.6) is 0 Å². The predicted molar refractivity (Wildman–Crippen MR) is 119 cm³/mol. The van der Waals surface area contributed by atoms with E-state index in [0.29, 0.717) is 28.3 Å². The number of fused-ring (bicyclic) bond motifs is 1. The van der Waals surface area contributed by atoms with Gasteiger partial charge in [-0.25, -0.2) is 9.78 Å². The van der Waals surface area contributed by atoms with Crippen LogP contribution < -0.4 is 16.2 Å². The number of rotatable bonds is 5. The van der Waals surface area contributed by atoms with E-state index in [4.69, 9.17) is 0 Å². The van der Waals surface area contributed by atoms with E-state index in [1.165, 1.54) is 4.57 Å². The van der Waals surface area contributed by atoms with E-state index in [-0.39, 0.29) is 5.56 Å². The summed E-state index contributed by atoms with van der Waals surface area (Å²) in [6.45, 7) is 7.78. The molecule has 3 rings (SSSR count). The van der Waals surface area contributed by atoms with Crippen molar-refractivity contribution in [2.75, 3.05) is 6.54 Å². The lowest BCUT2D eigenvalue weighted by Gasteiger charge is -2.18. The number of para-hydroxylation sites is 1. The molecule has 3 aromatic rings. The molecule has 0 aliphatic heterocycles. The molecule has 0 saturated carbocycles. The van der Waals surface area contributed by atoms with Crippen molar-refractivity contribution in [2.24, 2.45) is 0 Å². The van der Waals surface area contributed by atoms with Gasteiger partial charge in [0.2, 0.25) is 5.91 Å². The molecule has 0 bridgehead atoms. The summed E-state index contributed by atoms with van der Waals surface area (Å²) in [7, 11) is 0. The molecule has 2 aromatic carbocycles. The van der Waals surface area contributed by atoms with E-state index in [1.807, 2.05) is 38.1 Å². The zero-order valence-electron chi connectivity index (χ0n) is 17.4. The van der Waals surface area contributed by atoms with Crippen molar-refractivity contribution in [1.29, 1.82) is 0 Å². The van der Waals surface area contributed by atoms with Crippen molar-refractivity contribution in [3.8, 4) is 5.69 Å². The lowest BCUT2D eigenvalue weighted by atomic mass is 10.1. The van der Waals surface area contributed by atoms with E-state index in [9.17, 15) is 14.4 Å². The average molecular weight is 425 g/mol. The molecule has 0 spiro atoms. The van der Waals surface area contributed by atoms with Crippen LogP contribution in [-0.2, 0) is 4.79 Å². The second kappa shape index (κ2) is 9.13. The summed E-state index contributed by atoms with van der Waals surface area (Å²) in [5.74, 6) is -0.458. The van der Waals surface area contributed by atoms with Gasteiger partial charge in [0.15, 0.2) is 5.16 Å². The van der Waals surface area contributed by atoms with Gasteiger partial charge in [-0.15, -0.1) is 0 Å². The number of aromatic nitrogens is 2. The normalized spacial score (nSPS) is 11.9. The molecule has 7 nitrogen and oxygen atoms in total. The number of nitrogens with one attached hydrogen (secondary N) is 2. The maximum atomic E-state index is 13.3. The summed E-state index contributed by atoms with van der Waals surface area (Å²) >= 11 is 1.13. The second-order valence-electron chi connectivity index (χ2n) is 6.95. The molecule has 0 fully saturated rings. The molecule has 8 heteroatoms. The lowest BCUT2D eigenvalue weighted by Crippen LogP contribution is -2.42. The van der Waals surface area contributed by atoms with E-state index in [0.717, 1.165) is 22.9 Å². The molecule has 2 N–H and O–H groups in total. The number of hydrogen-bond donors (Lipinski definition) is 2. The summed E-state index contributed by atoms with van der Waals surface area (Å²) in [6.07, 6.45) is 0. The first-order valence-electron chi connectivity index (χ1n) is 9.66. The highest BCUT2D eigenvalue weighted by molar-refractivity contribution is 8.00. The van der Waals surface area contributed by atoms with Gasteiger partial charge >= 0.3 is 6.03 Å². The monoisotopic (exact) mass is 424 g/mol. The number of imide groups is 1. The average Bonchev–Trinajstić information content (AvgIpc) is 2.69. The van der Waals surface area contributed by atoms with E-state index >= 15 is 0 Å². The largest absolute Gasteiger partial charge is 0.338 e. The van der Waals surface area contributed by atoms with Crippen LogP contribution in [0, 0.1) is 13.8 Å². The molecule has 0 radical (unpaired) electrons. The van der Waals surface area contributed by atoms with Gasteiger partial charge in [0.1, 0.15) is 0 Å². The number of amides is 3. The molecule has 156 valence electrons. The van der Waals surface area contributed by atoms with Gasteiger partial charge in [0.05, 0.1) is 21.8 Å². The number of aryl methyl sites for hydroxylation is 2. The Morgan fingerprint density at radius 1 is 1.17 bits per heavy atom. The number of nitrogens with zero attached hydrogens (tertiary/aromatic N) is 2. The summed E-state index contributed by atoms with van der Waals surface area (Å²) in [6, 6.07) is 12.4. The fourth-order valence-corrected chi connectivity index (χ4v) is 4.01. The van der Waals surface area contributed by atoms with Crippen LogP contribution in [-0.4, -0.2) is 33.3 Å². The number of carbonyl (C=O) groups excluding carboxylic acids is 2. The predicted octanol–water partition coefficient (Wildman–Crippen LogP) is 3.33. The van der Waals surface area contributed by atoms with Crippen LogP contribution in [0.4, 0.5) is 4.79 Å². The van der Waals surface area contributed by atoms with Crippen molar-refractivity contribution in [1.82, 2.24) is 20.2 Å². The van der Waals surface area contributed by atoms with Crippen LogP contribution in [0.3, 0.4) is 0 Å². The van der Waals surface area contributed by atoms with Crippen LogP contribution in [0.1, 0.15) is 25.0 Å². The summed E-state index contributed by atoms with van der Waals surface area (Å²) < 4.78 is 1.54. The number of carbonyl (C=O) groups is 2. The van der Waals surface area contributed by atoms with Gasteiger partial charge in [-0.1, -0.05) is 41.6 Å². The number of thioether (sulfide) groups is 1. The number of benzene rings is 2. The topological polar surface area (TPSA) is 93.1 Å². The highest BCUT2D eigenvalue weighted by atomic mass is 32.2. The SMILES string of the molecule is CCNC(=O)NC(=O)[C@@H](C)Sc1nc2ccccc2c(=O)n1-c1ccc(C)cc1C.